The largest absolute Gasteiger partial charge is 0.480 e. The van der Waals surface area contributed by atoms with E-state index in [2.05, 4.69) is 10.4 Å². The number of carboxylic acid groups (broad SMARTS) is 1. The van der Waals surface area contributed by atoms with Crippen LogP contribution in [0.2, 0.25) is 0 Å². The van der Waals surface area contributed by atoms with Crippen LogP contribution in [0.1, 0.15) is 0 Å². The number of hydrogen-bond acceptors (Lipinski definition) is 4. The van der Waals surface area contributed by atoms with Crippen molar-refractivity contribution in [2.45, 2.75) is 6.04 Å². The van der Waals surface area contributed by atoms with Crippen LogP contribution < -0.4 is 5.32 Å². The SMILES string of the molecule is Cn1ccc(NC(=O)N2CCOCC2C(=O)O)n1. The van der Waals surface area contributed by atoms with Gasteiger partial charge in [-0.05, 0) is 0 Å². The highest BCUT2D eigenvalue weighted by Crippen LogP contribution is 2.10. The van der Waals surface area contributed by atoms with Crippen LogP contribution in [0.5, 0.6) is 0 Å². The molecule has 1 saturated heterocycles. The summed E-state index contributed by atoms with van der Waals surface area (Å²) in [4.78, 5) is 24.2. The van der Waals surface area contributed by atoms with E-state index in [1.807, 2.05) is 0 Å². The highest BCUT2D eigenvalue weighted by atomic mass is 16.5. The number of aromatic nitrogens is 2. The van der Waals surface area contributed by atoms with Gasteiger partial charge in [-0.25, -0.2) is 9.59 Å². The van der Waals surface area contributed by atoms with Gasteiger partial charge in [0.2, 0.25) is 0 Å². The number of aliphatic carboxylic acids is 1. The van der Waals surface area contributed by atoms with E-state index in [0.29, 0.717) is 12.4 Å². The van der Waals surface area contributed by atoms with E-state index < -0.39 is 18.0 Å². The Labute approximate surface area is 103 Å². The van der Waals surface area contributed by atoms with Crippen LogP contribution in [0.25, 0.3) is 0 Å². The summed E-state index contributed by atoms with van der Waals surface area (Å²) in [6.45, 7) is 0.583. The van der Waals surface area contributed by atoms with Crippen LogP contribution in [-0.2, 0) is 16.6 Å². The zero-order valence-electron chi connectivity index (χ0n) is 9.87. The maximum atomic E-state index is 11.9. The minimum Gasteiger partial charge on any atom is -0.480 e. The van der Waals surface area contributed by atoms with Gasteiger partial charge in [0.1, 0.15) is 0 Å². The molecule has 2 amide bonds. The predicted molar refractivity (Wildman–Crippen MR) is 61.2 cm³/mol. The second-order valence-electron chi connectivity index (χ2n) is 3.93. The number of ether oxygens (including phenoxy) is 1. The molecule has 1 atom stereocenters. The minimum atomic E-state index is -1.08. The summed E-state index contributed by atoms with van der Waals surface area (Å²) >= 11 is 0. The maximum Gasteiger partial charge on any atom is 0.328 e. The van der Waals surface area contributed by atoms with Gasteiger partial charge in [-0.1, -0.05) is 0 Å². The van der Waals surface area contributed by atoms with Crippen LogP contribution >= 0.6 is 0 Å². The van der Waals surface area contributed by atoms with Crippen LogP contribution in [-0.4, -0.2) is 57.6 Å². The number of carbonyl (C=O) groups excluding carboxylic acids is 1. The highest BCUT2D eigenvalue weighted by molar-refractivity contribution is 5.91. The van der Waals surface area contributed by atoms with Gasteiger partial charge in [0.25, 0.3) is 0 Å². The molecular formula is C10H14N4O4. The molecule has 98 valence electrons. The first-order chi connectivity index (χ1) is 8.58. The topological polar surface area (TPSA) is 96.7 Å². The van der Waals surface area contributed by atoms with Gasteiger partial charge in [-0.3, -0.25) is 10.00 Å². The average Bonchev–Trinajstić information content (AvgIpc) is 2.74. The summed E-state index contributed by atoms with van der Waals surface area (Å²) in [6.07, 6.45) is 1.68. The van der Waals surface area contributed by atoms with Crippen LogP contribution in [0.3, 0.4) is 0 Å². The van der Waals surface area contributed by atoms with Crippen LogP contribution in [0.4, 0.5) is 10.6 Å². The molecule has 0 spiro atoms. The zero-order chi connectivity index (χ0) is 13.1. The molecule has 0 radical (unpaired) electrons. The summed E-state index contributed by atoms with van der Waals surface area (Å²) in [5, 5.41) is 15.6. The molecule has 1 fully saturated rings. The van der Waals surface area contributed by atoms with E-state index in [0.717, 1.165) is 0 Å². The molecule has 2 rings (SSSR count). The molecule has 8 nitrogen and oxygen atoms in total. The Hall–Kier alpha value is -2.09. The lowest BCUT2D eigenvalue weighted by atomic mass is 10.2. The number of urea groups is 1. The van der Waals surface area contributed by atoms with Crippen LogP contribution in [0.15, 0.2) is 12.3 Å². The molecule has 1 unspecified atom stereocenters. The van der Waals surface area contributed by atoms with Gasteiger partial charge >= 0.3 is 12.0 Å². The van der Waals surface area contributed by atoms with Gasteiger partial charge in [0.15, 0.2) is 11.9 Å². The molecule has 1 aliphatic rings. The van der Waals surface area contributed by atoms with E-state index >= 15 is 0 Å². The van der Waals surface area contributed by atoms with Crippen molar-refractivity contribution in [1.29, 1.82) is 0 Å². The number of carboxylic acids is 1. The average molecular weight is 254 g/mol. The summed E-state index contributed by atoms with van der Waals surface area (Å²) in [5.74, 6) is -0.691. The van der Waals surface area contributed by atoms with Gasteiger partial charge in [-0.15, -0.1) is 0 Å². The summed E-state index contributed by atoms with van der Waals surface area (Å²) in [5.41, 5.74) is 0. The van der Waals surface area contributed by atoms with Gasteiger partial charge in [-0.2, -0.15) is 5.10 Å². The Morgan fingerprint density at radius 2 is 2.39 bits per heavy atom. The standard InChI is InChI=1S/C10H14N4O4/c1-13-3-2-8(12-13)11-10(17)14-4-5-18-6-7(14)9(15)16/h2-3,7H,4-6H2,1H3,(H,15,16)(H,11,12,17). The van der Waals surface area contributed by atoms with Gasteiger partial charge < -0.3 is 14.7 Å². The number of amides is 2. The number of nitrogens with zero attached hydrogens (tertiary/aromatic N) is 3. The third kappa shape index (κ3) is 2.59. The lowest BCUT2D eigenvalue weighted by Gasteiger charge is -2.32. The van der Waals surface area contributed by atoms with E-state index in [4.69, 9.17) is 9.84 Å². The molecule has 1 aromatic rings. The highest BCUT2D eigenvalue weighted by Gasteiger charge is 2.32. The number of carbonyl (C=O) groups is 2. The smallest absolute Gasteiger partial charge is 0.328 e. The number of anilines is 1. The Bertz CT molecular complexity index is 458. The van der Waals surface area contributed by atoms with E-state index in [-0.39, 0.29) is 13.2 Å². The van der Waals surface area contributed by atoms with Crippen molar-refractivity contribution >= 4 is 17.8 Å². The van der Waals surface area contributed by atoms with Gasteiger partial charge in [0.05, 0.1) is 13.2 Å². The van der Waals surface area contributed by atoms with Gasteiger partial charge in [0, 0.05) is 25.9 Å². The maximum absolute atomic E-state index is 11.9. The second kappa shape index (κ2) is 5.05. The normalized spacial score (nSPS) is 19.6. The molecule has 0 aliphatic carbocycles. The van der Waals surface area contributed by atoms with E-state index in [1.165, 1.54) is 4.90 Å². The number of nitrogens with one attached hydrogen (secondary N) is 1. The van der Waals surface area contributed by atoms with E-state index in [1.54, 1.807) is 24.0 Å². The monoisotopic (exact) mass is 254 g/mol. The lowest BCUT2D eigenvalue weighted by molar-refractivity contribution is -0.147. The van der Waals surface area contributed by atoms with Crippen molar-refractivity contribution in [3.63, 3.8) is 0 Å². The molecular weight excluding hydrogens is 240 g/mol. The molecule has 0 bridgehead atoms. The Morgan fingerprint density at radius 3 is 3.00 bits per heavy atom. The molecule has 2 heterocycles. The minimum absolute atomic E-state index is 0.00493. The third-order valence-corrected chi connectivity index (χ3v) is 2.62. The number of aryl methyl sites for hydroxylation is 1. The van der Waals surface area contributed by atoms with Crippen molar-refractivity contribution < 1.29 is 19.4 Å². The molecule has 1 aromatic heterocycles. The van der Waals surface area contributed by atoms with Crippen molar-refractivity contribution in [1.82, 2.24) is 14.7 Å². The number of rotatable bonds is 2. The molecule has 0 aromatic carbocycles. The zero-order valence-corrected chi connectivity index (χ0v) is 9.87. The van der Waals surface area contributed by atoms with Crippen molar-refractivity contribution in [2.24, 2.45) is 7.05 Å². The molecule has 18 heavy (non-hydrogen) atoms. The Morgan fingerprint density at radius 1 is 1.61 bits per heavy atom. The summed E-state index contributed by atoms with van der Waals surface area (Å²) in [7, 11) is 1.73. The lowest BCUT2D eigenvalue weighted by Crippen LogP contribution is -2.54. The second-order valence-corrected chi connectivity index (χ2v) is 3.93. The third-order valence-electron chi connectivity index (χ3n) is 2.62. The Balaban J connectivity index is 2.04. The molecule has 2 N–H and O–H groups in total. The first-order valence-corrected chi connectivity index (χ1v) is 5.46. The first kappa shape index (κ1) is 12.4. The number of morpholine rings is 1. The number of hydrogen-bond donors (Lipinski definition) is 2. The fraction of sp³-hybridized carbons (Fsp3) is 0.500. The summed E-state index contributed by atoms with van der Waals surface area (Å²) < 4.78 is 6.60. The molecule has 0 saturated carbocycles. The molecule has 1 aliphatic heterocycles. The predicted octanol–water partition coefficient (Wildman–Crippen LogP) is -0.263. The van der Waals surface area contributed by atoms with Crippen molar-refractivity contribution in [2.75, 3.05) is 25.1 Å². The molecule has 8 heteroatoms. The summed E-state index contributed by atoms with van der Waals surface area (Å²) in [6, 6.07) is 0.195. The first-order valence-electron chi connectivity index (χ1n) is 5.46. The Kier molecular flexibility index (Phi) is 3.47. The van der Waals surface area contributed by atoms with Crippen molar-refractivity contribution in [3.05, 3.63) is 12.3 Å². The van der Waals surface area contributed by atoms with Crippen LogP contribution in [0, 0.1) is 0 Å². The quantitative estimate of drug-likeness (QED) is 0.757. The fourth-order valence-electron chi connectivity index (χ4n) is 1.71. The van der Waals surface area contributed by atoms with E-state index in [9.17, 15) is 9.59 Å². The fourth-order valence-corrected chi connectivity index (χ4v) is 1.71. The van der Waals surface area contributed by atoms with Crippen molar-refractivity contribution in [3.8, 4) is 0 Å².